The van der Waals surface area contributed by atoms with Gasteiger partial charge in [0.15, 0.2) is 0 Å². The van der Waals surface area contributed by atoms with Gasteiger partial charge >= 0.3 is 0 Å². The maximum Gasteiger partial charge on any atom is 0.261 e. The van der Waals surface area contributed by atoms with E-state index >= 15 is 0 Å². The van der Waals surface area contributed by atoms with E-state index in [4.69, 9.17) is 10.7 Å². The molecule has 4 nitrogen and oxygen atoms in total. The molecule has 17 heavy (non-hydrogen) atoms. The maximum absolute atomic E-state index is 11.6. The normalized spacial score (nSPS) is 15.6. The van der Waals surface area contributed by atoms with Crippen molar-refractivity contribution in [3.8, 4) is 0 Å². The molecule has 1 aliphatic carbocycles. The number of carbonyl (C=O) groups excluding carboxylic acids is 1. The van der Waals surface area contributed by atoms with Crippen molar-refractivity contribution in [3.05, 3.63) is 23.8 Å². The summed E-state index contributed by atoms with van der Waals surface area (Å²) in [5.74, 6) is 0.111. The van der Waals surface area contributed by atoms with Gasteiger partial charge in [-0.2, -0.15) is 0 Å². The average molecular weight is 274 g/mol. The van der Waals surface area contributed by atoms with Gasteiger partial charge in [0, 0.05) is 22.3 Å². The monoisotopic (exact) mass is 273 g/mol. The van der Waals surface area contributed by atoms with Gasteiger partial charge in [-0.25, -0.2) is 8.42 Å². The van der Waals surface area contributed by atoms with Crippen LogP contribution in [0.5, 0.6) is 0 Å². The second-order valence-electron chi connectivity index (χ2n) is 4.18. The summed E-state index contributed by atoms with van der Waals surface area (Å²) in [5, 5.41) is 2.77. The quantitative estimate of drug-likeness (QED) is 0.860. The molecule has 1 saturated carbocycles. The molecule has 2 rings (SSSR count). The molecule has 1 fully saturated rings. The number of rotatable bonds is 3. The zero-order valence-electron chi connectivity index (χ0n) is 9.23. The number of amides is 1. The minimum absolute atomic E-state index is 0.00502. The van der Waals surface area contributed by atoms with E-state index in [0.717, 1.165) is 12.8 Å². The Morgan fingerprint density at radius 1 is 1.41 bits per heavy atom. The Morgan fingerprint density at radius 3 is 2.53 bits per heavy atom. The molecule has 92 valence electrons. The van der Waals surface area contributed by atoms with Crippen molar-refractivity contribution in [2.75, 3.05) is 5.32 Å². The van der Waals surface area contributed by atoms with E-state index < -0.39 is 9.05 Å². The number of carbonyl (C=O) groups is 1. The van der Waals surface area contributed by atoms with Crippen molar-refractivity contribution in [1.82, 2.24) is 0 Å². The van der Waals surface area contributed by atoms with Crippen molar-refractivity contribution in [2.45, 2.75) is 24.7 Å². The SMILES string of the molecule is Cc1cc(S(=O)(=O)Cl)ccc1NC(=O)C1CC1. The van der Waals surface area contributed by atoms with Crippen LogP contribution in [0.15, 0.2) is 23.1 Å². The first-order valence-corrected chi connectivity index (χ1v) is 7.55. The predicted molar refractivity (Wildman–Crippen MR) is 65.6 cm³/mol. The van der Waals surface area contributed by atoms with E-state index in [2.05, 4.69) is 5.32 Å². The molecule has 0 aliphatic heterocycles. The Kier molecular flexibility index (Phi) is 3.14. The Balaban J connectivity index is 2.22. The molecule has 0 atom stereocenters. The zero-order valence-corrected chi connectivity index (χ0v) is 10.8. The van der Waals surface area contributed by atoms with Crippen LogP contribution < -0.4 is 5.32 Å². The minimum Gasteiger partial charge on any atom is -0.326 e. The van der Waals surface area contributed by atoms with Gasteiger partial charge in [-0.1, -0.05) is 0 Å². The summed E-state index contributed by atoms with van der Waals surface area (Å²) >= 11 is 0. The van der Waals surface area contributed by atoms with Crippen molar-refractivity contribution >= 4 is 31.3 Å². The molecule has 1 aromatic carbocycles. The van der Waals surface area contributed by atoms with Gasteiger partial charge < -0.3 is 5.32 Å². The highest BCUT2D eigenvalue weighted by Gasteiger charge is 2.29. The molecule has 0 spiro atoms. The zero-order chi connectivity index (χ0) is 12.6. The third-order valence-corrected chi connectivity index (χ3v) is 4.04. The number of hydrogen-bond acceptors (Lipinski definition) is 3. The summed E-state index contributed by atoms with van der Waals surface area (Å²) in [4.78, 5) is 11.6. The third-order valence-electron chi connectivity index (χ3n) is 2.69. The van der Waals surface area contributed by atoms with E-state index in [1.807, 2.05) is 0 Å². The maximum atomic E-state index is 11.6. The molecule has 0 bridgehead atoms. The predicted octanol–water partition coefficient (Wildman–Crippen LogP) is 2.27. The molecule has 0 radical (unpaired) electrons. The summed E-state index contributed by atoms with van der Waals surface area (Å²) < 4.78 is 22.2. The molecule has 1 aliphatic rings. The summed E-state index contributed by atoms with van der Waals surface area (Å²) in [6.07, 6.45) is 1.86. The van der Waals surface area contributed by atoms with E-state index in [9.17, 15) is 13.2 Å². The molecule has 0 unspecified atom stereocenters. The molecule has 1 amide bonds. The van der Waals surface area contributed by atoms with E-state index in [0.29, 0.717) is 11.3 Å². The molecule has 0 heterocycles. The molecule has 6 heteroatoms. The fraction of sp³-hybridized carbons (Fsp3) is 0.364. The standard InChI is InChI=1S/C11H12ClNO3S/c1-7-6-9(17(12,15)16)4-5-10(7)13-11(14)8-2-3-8/h4-6,8H,2-3H2,1H3,(H,13,14). The number of benzene rings is 1. The first-order valence-electron chi connectivity index (χ1n) is 5.24. The van der Waals surface area contributed by atoms with Crippen LogP contribution in [0.3, 0.4) is 0 Å². The van der Waals surface area contributed by atoms with Crippen LogP contribution in [0.1, 0.15) is 18.4 Å². The van der Waals surface area contributed by atoms with Gasteiger partial charge in [-0.05, 0) is 43.5 Å². The first kappa shape index (κ1) is 12.4. The van der Waals surface area contributed by atoms with Crippen LogP contribution in [0.25, 0.3) is 0 Å². The Labute approximate surface area is 104 Å². The molecule has 1 aromatic rings. The van der Waals surface area contributed by atoms with Gasteiger partial charge in [0.2, 0.25) is 5.91 Å². The van der Waals surface area contributed by atoms with Crippen molar-refractivity contribution < 1.29 is 13.2 Å². The van der Waals surface area contributed by atoms with E-state index in [1.165, 1.54) is 12.1 Å². The summed E-state index contributed by atoms with van der Waals surface area (Å²) in [5.41, 5.74) is 1.31. The van der Waals surface area contributed by atoms with Crippen LogP contribution in [-0.2, 0) is 13.8 Å². The van der Waals surface area contributed by atoms with Gasteiger partial charge in [-0.15, -0.1) is 0 Å². The highest BCUT2D eigenvalue weighted by atomic mass is 35.7. The molecular weight excluding hydrogens is 262 g/mol. The highest BCUT2D eigenvalue weighted by Crippen LogP contribution is 2.31. The lowest BCUT2D eigenvalue weighted by molar-refractivity contribution is -0.117. The van der Waals surface area contributed by atoms with Crippen LogP contribution in [0.4, 0.5) is 5.69 Å². The lowest BCUT2D eigenvalue weighted by atomic mass is 10.2. The topological polar surface area (TPSA) is 63.2 Å². The number of halogens is 1. The Morgan fingerprint density at radius 2 is 2.06 bits per heavy atom. The van der Waals surface area contributed by atoms with Crippen LogP contribution in [0.2, 0.25) is 0 Å². The number of anilines is 1. The lowest BCUT2D eigenvalue weighted by Crippen LogP contribution is -2.14. The van der Waals surface area contributed by atoms with Gasteiger partial charge in [0.05, 0.1) is 4.90 Å². The molecule has 0 aromatic heterocycles. The number of aryl methyl sites for hydroxylation is 1. The van der Waals surface area contributed by atoms with Crippen molar-refractivity contribution in [2.24, 2.45) is 5.92 Å². The van der Waals surface area contributed by atoms with Crippen LogP contribution in [-0.4, -0.2) is 14.3 Å². The molecule has 1 N–H and O–H groups in total. The van der Waals surface area contributed by atoms with Gasteiger partial charge in [0.25, 0.3) is 9.05 Å². The van der Waals surface area contributed by atoms with E-state index in [-0.39, 0.29) is 16.7 Å². The fourth-order valence-corrected chi connectivity index (χ4v) is 2.34. The Hall–Kier alpha value is -1.07. The third kappa shape index (κ3) is 2.98. The lowest BCUT2D eigenvalue weighted by Gasteiger charge is -2.08. The summed E-state index contributed by atoms with van der Waals surface area (Å²) in [6.45, 7) is 1.73. The smallest absolute Gasteiger partial charge is 0.261 e. The van der Waals surface area contributed by atoms with Crippen LogP contribution in [0, 0.1) is 12.8 Å². The highest BCUT2D eigenvalue weighted by molar-refractivity contribution is 8.13. The van der Waals surface area contributed by atoms with E-state index in [1.54, 1.807) is 13.0 Å². The molecule has 0 saturated heterocycles. The van der Waals surface area contributed by atoms with Gasteiger partial charge in [-0.3, -0.25) is 4.79 Å². The summed E-state index contributed by atoms with van der Waals surface area (Å²) in [6, 6.07) is 4.40. The Bertz CT molecular complexity index is 564. The second kappa shape index (κ2) is 4.31. The van der Waals surface area contributed by atoms with Crippen molar-refractivity contribution in [3.63, 3.8) is 0 Å². The average Bonchev–Trinajstić information content (AvgIpc) is 3.02. The van der Waals surface area contributed by atoms with Crippen LogP contribution >= 0.6 is 10.7 Å². The second-order valence-corrected chi connectivity index (χ2v) is 6.74. The summed E-state index contributed by atoms with van der Waals surface area (Å²) in [7, 11) is 1.52. The van der Waals surface area contributed by atoms with Crippen molar-refractivity contribution in [1.29, 1.82) is 0 Å². The largest absolute Gasteiger partial charge is 0.326 e. The van der Waals surface area contributed by atoms with Gasteiger partial charge in [0.1, 0.15) is 0 Å². The first-order chi connectivity index (χ1) is 7.88. The number of nitrogens with one attached hydrogen (secondary N) is 1. The minimum atomic E-state index is -3.72. The number of hydrogen-bond donors (Lipinski definition) is 1. The fourth-order valence-electron chi connectivity index (χ4n) is 1.51. The molecular formula is C11H12ClNO3S.